The molecule has 1 atom stereocenters. The third-order valence-electron chi connectivity index (χ3n) is 3.24. The molecule has 0 aromatic heterocycles. The highest BCUT2D eigenvalue weighted by Gasteiger charge is 2.18. The molecule has 0 fully saturated rings. The Morgan fingerprint density at radius 1 is 1.13 bits per heavy atom. The van der Waals surface area contributed by atoms with Gasteiger partial charge in [0.05, 0.1) is 19.1 Å². The van der Waals surface area contributed by atoms with E-state index in [-0.39, 0.29) is 19.0 Å². The van der Waals surface area contributed by atoms with Gasteiger partial charge in [0, 0.05) is 0 Å². The van der Waals surface area contributed by atoms with Gasteiger partial charge in [0.25, 0.3) is 0 Å². The van der Waals surface area contributed by atoms with Gasteiger partial charge in [-0.05, 0) is 29.8 Å². The maximum atomic E-state index is 13.5. The van der Waals surface area contributed by atoms with Crippen LogP contribution in [0.25, 0.3) is 0 Å². The van der Waals surface area contributed by atoms with E-state index in [1.165, 1.54) is 13.2 Å². The van der Waals surface area contributed by atoms with Crippen molar-refractivity contribution < 1.29 is 28.2 Å². The zero-order valence-corrected chi connectivity index (χ0v) is 12.5. The summed E-state index contributed by atoms with van der Waals surface area (Å²) in [5, 5.41) is 9.88. The van der Waals surface area contributed by atoms with Gasteiger partial charge < -0.3 is 14.6 Å². The minimum absolute atomic E-state index is 0.139. The zero-order valence-electron chi connectivity index (χ0n) is 12.5. The van der Waals surface area contributed by atoms with Gasteiger partial charge in [-0.15, -0.1) is 0 Å². The van der Waals surface area contributed by atoms with Crippen LogP contribution in [0.1, 0.15) is 17.2 Å². The van der Waals surface area contributed by atoms with Gasteiger partial charge in [0.2, 0.25) is 0 Å². The van der Waals surface area contributed by atoms with E-state index in [1.54, 1.807) is 24.3 Å². The standard InChI is InChI=1S/C17H16F2O4/c1-22-16(21)9-11-5-7-12(8-6-11)23-10-15(20)17-13(18)3-2-4-14(17)19/h2-8,15,20H,9-10H2,1H3. The largest absolute Gasteiger partial charge is 0.491 e. The minimum Gasteiger partial charge on any atom is -0.491 e. The third kappa shape index (κ3) is 4.50. The number of methoxy groups -OCH3 is 1. The molecule has 0 amide bonds. The molecule has 0 aliphatic carbocycles. The van der Waals surface area contributed by atoms with E-state index in [9.17, 15) is 18.7 Å². The maximum Gasteiger partial charge on any atom is 0.309 e. The topological polar surface area (TPSA) is 55.8 Å². The van der Waals surface area contributed by atoms with E-state index < -0.39 is 23.3 Å². The lowest BCUT2D eigenvalue weighted by molar-refractivity contribution is -0.139. The molecule has 0 radical (unpaired) electrons. The van der Waals surface area contributed by atoms with Gasteiger partial charge in [0.15, 0.2) is 0 Å². The summed E-state index contributed by atoms with van der Waals surface area (Å²) >= 11 is 0. The van der Waals surface area contributed by atoms with E-state index >= 15 is 0 Å². The van der Waals surface area contributed by atoms with Crippen molar-refractivity contribution in [3.05, 3.63) is 65.2 Å². The number of benzene rings is 2. The van der Waals surface area contributed by atoms with Crippen molar-refractivity contribution in [1.82, 2.24) is 0 Å². The fourth-order valence-electron chi connectivity index (χ4n) is 2.03. The maximum absolute atomic E-state index is 13.5. The molecule has 122 valence electrons. The fourth-order valence-corrected chi connectivity index (χ4v) is 2.03. The third-order valence-corrected chi connectivity index (χ3v) is 3.24. The van der Waals surface area contributed by atoms with Gasteiger partial charge in [0.1, 0.15) is 30.1 Å². The number of rotatable bonds is 6. The minimum atomic E-state index is -1.43. The van der Waals surface area contributed by atoms with E-state index in [1.807, 2.05) is 0 Å². The molecule has 1 N–H and O–H groups in total. The number of carbonyl (C=O) groups excluding carboxylic acids is 1. The molecule has 0 aliphatic heterocycles. The summed E-state index contributed by atoms with van der Waals surface area (Å²) in [5.74, 6) is -1.59. The van der Waals surface area contributed by atoms with E-state index in [2.05, 4.69) is 4.74 Å². The van der Waals surface area contributed by atoms with Crippen LogP contribution in [-0.2, 0) is 16.0 Å². The van der Waals surface area contributed by atoms with Gasteiger partial charge in [-0.25, -0.2) is 8.78 Å². The van der Waals surface area contributed by atoms with Gasteiger partial charge in [-0.2, -0.15) is 0 Å². The van der Waals surface area contributed by atoms with Crippen molar-refractivity contribution in [2.75, 3.05) is 13.7 Å². The van der Waals surface area contributed by atoms with Crippen molar-refractivity contribution in [3.63, 3.8) is 0 Å². The summed E-state index contributed by atoms with van der Waals surface area (Å²) in [6.07, 6.45) is -1.29. The first-order valence-corrected chi connectivity index (χ1v) is 6.91. The molecule has 0 spiro atoms. The highest BCUT2D eigenvalue weighted by atomic mass is 19.1. The van der Waals surface area contributed by atoms with Crippen molar-refractivity contribution in [2.45, 2.75) is 12.5 Å². The van der Waals surface area contributed by atoms with Crippen LogP contribution in [0.3, 0.4) is 0 Å². The molecule has 6 heteroatoms. The van der Waals surface area contributed by atoms with Crippen molar-refractivity contribution in [1.29, 1.82) is 0 Å². The van der Waals surface area contributed by atoms with Crippen LogP contribution in [-0.4, -0.2) is 24.8 Å². The zero-order chi connectivity index (χ0) is 16.8. The average Bonchev–Trinajstić information content (AvgIpc) is 2.54. The number of aliphatic hydroxyl groups excluding tert-OH is 1. The summed E-state index contributed by atoms with van der Waals surface area (Å²) in [6, 6.07) is 9.91. The molecule has 2 aromatic carbocycles. The fraction of sp³-hybridized carbons (Fsp3) is 0.235. The van der Waals surface area contributed by atoms with Crippen LogP contribution in [0.15, 0.2) is 42.5 Å². The molecule has 0 heterocycles. The average molecular weight is 322 g/mol. The SMILES string of the molecule is COC(=O)Cc1ccc(OCC(O)c2c(F)cccc2F)cc1. The Labute approximate surface area is 132 Å². The Balaban J connectivity index is 1.96. The van der Waals surface area contributed by atoms with Crippen molar-refractivity contribution in [3.8, 4) is 5.75 Å². The summed E-state index contributed by atoms with van der Waals surface area (Å²) in [5.41, 5.74) is 0.319. The molecule has 0 bridgehead atoms. The molecule has 4 nitrogen and oxygen atoms in total. The van der Waals surface area contributed by atoms with Gasteiger partial charge >= 0.3 is 5.97 Å². The summed E-state index contributed by atoms with van der Waals surface area (Å²) in [4.78, 5) is 11.1. The highest BCUT2D eigenvalue weighted by Crippen LogP contribution is 2.22. The Kier molecular flexibility index (Phi) is 5.65. The van der Waals surface area contributed by atoms with Crippen LogP contribution in [0.4, 0.5) is 8.78 Å². The molecule has 0 saturated carbocycles. The number of carbonyl (C=O) groups is 1. The molecular formula is C17H16F2O4. The Morgan fingerprint density at radius 3 is 2.30 bits per heavy atom. The number of hydrogen-bond acceptors (Lipinski definition) is 4. The number of esters is 1. The number of aliphatic hydroxyl groups is 1. The first-order chi connectivity index (χ1) is 11.0. The molecule has 2 aromatic rings. The second kappa shape index (κ2) is 7.69. The molecule has 0 saturated heterocycles. The molecule has 23 heavy (non-hydrogen) atoms. The lowest BCUT2D eigenvalue weighted by Crippen LogP contribution is -2.13. The number of halogens is 2. The first-order valence-electron chi connectivity index (χ1n) is 6.91. The van der Waals surface area contributed by atoms with Crippen LogP contribution in [0.5, 0.6) is 5.75 Å². The molecular weight excluding hydrogens is 306 g/mol. The van der Waals surface area contributed by atoms with E-state index in [0.717, 1.165) is 17.7 Å². The van der Waals surface area contributed by atoms with Crippen LogP contribution in [0, 0.1) is 11.6 Å². The van der Waals surface area contributed by atoms with Gasteiger partial charge in [-0.1, -0.05) is 18.2 Å². The summed E-state index contributed by atoms with van der Waals surface area (Å²) in [6.45, 7) is -0.297. The predicted molar refractivity (Wildman–Crippen MR) is 79.0 cm³/mol. The van der Waals surface area contributed by atoms with Crippen LogP contribution < -0.4 is 4.74 Å². The van der Waals surface area contributed by atoms with Crippen LogP contribution in [0.2, 0.25) is 0 Å². The Bertz CT molecular complexity index is 651. The number of ether oxygens (including phenoxy) is 2. The Morgan fingerprint density at radius 2 is 1.74 bits per heavy atom. The highest BCUT2D eigenvalue weighted by molar-refractivity contribution is 5.72. The predicted octanol–water partition coefficient (Wildman–Crippen LogP) is 2.79. The smallest absolute Gasteiger partial charge is 0.309 e. The Hall–Kier alpha value is -2.47. The summed E-state index contributed by atoms with van der Waals surface area (Å²) < 4.78 is 37.0. The normalized spacial score (nSPS) is 11.8. The van der Waals surface area contributed by atoms with E-state index in [4.69, 9.17) is 4.74 Å². The molecule has 0 aliphatic rings. The van der Waals surface area contributed by atoms with Crippen molar-refractivity contribution in [2.24, 2.45) is 0 Å². The monoisotopic (exact) mass is 322 g/mol. The van der Waals surface area contributed by atoms with Crippen molar-refractivity contribution >= 4 is 5.97 Å². The lowest BCUT2D eigenvalue weighted by Gasteiger charge is -2.14. The number of hydrogen-bond donors (Lipinski definition) is 1. The van der Waals surface area contributed by atoms with E-state index in [0.29, 0.717) is 5.75 Å². The lowest BCUT2D eigenvalue weighted by atomic mass is 10.1. The van der Waals surface area contributed by atoms with Gasteiger partial charge in [-0.3, -0.25) is 4.79 Å². The second-order valence-electron chi connectivity index (χ2n) is 4.86. The summed E-state index contributed by atoms with van der Waals surface area (Å²) in [7, 11) is 1.31. The quantitative estimate of drug-likeness (QED) is 0.831. The first kappa shape index (κ1) is 16.9. The molecule has 1 unspecified atom stereocenters. The molecule has 2 rings (SSSR count). The second-order valence-corrected chi connectivity index (χ2v) is 4.86. The van der Waals surface area contributed by atoms with Crippen LogP contribution >= 0.6 is 0 Å².